The van der Waals surface area contributed by atoms with E-state index in [-0.39, 0.29) is 0 Å². The number of rotatable bonds is 4. The van der Waals surface area contributed by atoms with Gasteiger partial charge in [-0.05, 0) is 25.5 Å². The van der Waals surface area contributed by atoms with Crippen molar-refractivity contribution < 1.29 is 4.74 Å². The minimum atomic E-state index is 0.640. The lowest BCUT2D eigenvalue weighted by Gasteiger charge is -2.34. The summed E-state index contributed by atoms with van der Waals surface area (Å²) in [6.07, 6.45) is 4.45. The van der Waals surface area contributed by atoms with E-state index < -0.39 is 0 Å². The van der Waals surface area contributed by atoms with Gasteiger partial charge in [0.15, 0.2) is 0 Å². The smallest absolute Gasteiger partial charge is 0.0594 e. The first-order valence-corrected chi connectivity index (χ1v) is 7.43. The van der Waals surface area contributed by atoms with Crippen LogP contribution in [0, 0.1) is 0 Å². The molecule has 1 N–H and O–H groups in total. The zero-order valence-corrected chi connectivity index (χ0v) is 11.6. The predicted molar refractivity (Wildman–Crippen MR) is 74.3 cm³/mol. The Bertz CT molecular complexity index is 362. The van der Waals surface area contributed by atoms with Crippen LogP contribution in [0.15, 0.2) is 12.3 Å². The summed E-state index contributed by atoms with van der Waals surface area (Å²) < 4.78 is 5.39. The highest BCUT2D eigenvalue weighted by Crippen LogP contribution is 2.24. The molecule has 2 aliphatic heterocycles. The van der Waals surface area contributed by atoms with Crippen molar-refractivity contribution in [2.75, 3.05) is 52.5 Å². The normalized spacial score (nSPS) is 26.6. The van der Waals surface area contributed by atoms with Gasteiger partial charge in [-0.2, -0.15) is 5.10 Å². The fraction of sp³-hybridized carbons (Fsp3) is 0.786. The number of hydrogen-bond donors (Lipinski definition) is 1. The highest BCUT2D eigenvalue weighted by Gasteiger charge is 2.22. The minimum absolute atomic E-state index is 0.640. The number of aromatic nitrogens is 2. The first kappa shape index (κ1) is 13.1. The highest BCUT2D eigenvalue weighted by atomic mass is 16.5. The SMILES string of the molecule is c1cc([C@@H]2CCCN(CCN3CCOCC3)C2)[nH]n1. The van der Waals surface area contributed by atoms with E-state index in [0.29, 0.717) is 5.92 Å². The lowest BCUT2D eigenvalue weighted by Crippen LogP contribution is -2.43. The van der Waals surface area contributed by atoms with Gasteiger partial charge < -0.3 is 9.64 Å². The van der Waals surface area contributed by atoms with Crippen molar-refractivity contribution in [2.45, 2.75) is 18.8 Å². The molecule has 1 atom stereocenters. The van der Waals surface area contributed by atoms with Gasteiger partial charge in [0, 0.05) is 50.5 Å². The summed E-state index contributed by atoms with van der Waals surface area (Å²) >= 11 is 0. The largest absolute Gasteiger partial charge is 0.379 e. The lowest BCUT2D eigenvalue weighted by molar-refractivity contribution is 0.0318. The predicted octanol–water partition coefficient (Wildman–Crippen LogP) is 0.921. The van der Waals surface area contributed by atoms with E-state index >= 15 is 0 Å². The molecule has 2 fully saturated rings. The Labute approximate surface area is 114 Å². The number of hydrogen-bond acceptors (Lipinski definition) is 4. The van der Waals surface area contributed by atoms with Crippen LogP contribution in [-0.4, -0.2) is 72.5 Å². The molecule has 0 aliphatic carbocycles. The maximum atomic E-state index is 5.39. The number of likely N-dealkylation sites (tertiary alicyclic amines) is 1. The Morgan fingerprint density at radius 2 is 2.05 bits per heavy atom. The zero-order valence-electron chi connectivity index (χ0n) is 11.6. The van der Waals surface area contributed by atoms with Crippen molar-refractivity contribution in [3.05, 3.63) is 18.0 Å². The van der Waals surface area contributed by atoms with Crippen LogP contribution >= 0.6 is 0 Å². The molecule has 0 radical (unpaired) electrons. The molecule has 2 aliphatic rings. The summed E-state index contributed by atoms with van der Waals surface area (Å²) in [5.41, 5.74) is 1.30. The summed E-state index contributed by atoms with van der Waals surface area (Å²) in [6.45, 7) is 8.77. The number of morpholine rings is 1. The van der Waals surface area contributed by atoms with Crippen LogP contribution in [-0.2, 0) is 4.74 Å². The van der Waals surface area contributed by atoms with Gasteiger partial charge in [0.25, 0.3) is 0 Å². The van der Waals surface area contributed by atoms with Crippen LogP contribution in [0.5, 0.6) is 0 Å². The van der Waals surface area contributed by atoms with E-state index in [4.69, 9.17) is 4.74 Å². The molecule has 0 aromatic carbocycles. The van der Waals surface area contributed by atoms with E-state index in [1.54, 1.807) is 0 Å². The standard InChI is InChI=1S/C14H24N4O/c1-2-13(14-3-4-15-16-14)12-18(5-1)7-6-17-8-10-19-11-9-17/h3-4,13H,1-2,5-12H2,(H,15,16)/t13-/m1/s1. The van der Waals surface area contributed by atoms with Crippen LogP contribution in [0.4, 0.5) is 0 Å². The van der Waals surface area contributed by atoms with Crippen LogP contribution in [0.2, 0.25) is 0 Å². The number of H-pyrrole nitrogens is 1. The molecule has 0 unspecified atom stereocenters. The Hall–Kier alpha value is -0.910. The molecule has 3 rings (SSSR count). The topological polar surface area (TPSA) is 44.4 Å². The van der Waals surface area contributed by atoms with Gasteiger partial charge in [-0.25, -0.2) is 0 Å². The van der Waals surface area contributed by atoms with E-state index in [1.807, 2.05) is 6.20 Å². The van der Waals surface area contributed by atoms with E-state index in [1.165, 1.54) is 44.7 Å². The Balaban J connectivity index is 1.45. The third kappa shape index (κ3) is 3.55. The molecule has 0 amide bonds. The number of ether oxygens (including phenoxy) is 1. The quantitative estimate of drug-likeness (QED) is 0.878. The molecule has 19 heavy (non-hydrogen) atoms. The second kappa shape index (κ2) is 6.50. The fourth-order valence-electron chi connectivity index (χ4n) is 3.11. The molecule has 1 aromatic heterocycles. The second-order valence-corrected chi connectivity index (χ2v) is 5.61. The van der Waals surface area contributed by atoms with Gasteiger partial charge in [-0.15, -0.1) is 0 Å². The monoisotopic (exact) mass is 264 g/mol. The average molecular weight is 264 g/mol. The Morgan fingerprint density at radius 3 is 2.84 bits per heavy atom. The van der Waals surface area contributed by atoms with Crippen molar-refractivity contribution in [3.8, 4) is 0 Å². The third-order valence-electron chi connectivity index (χ3n) is 4.30. The molecule has 3 heterocycles. The van der Waals surface area contributed by atoms with Crippen molar-refractivity contribution >= 4 is 0 Å². The summed E-state index contributed by atoms with van der Waals surface area (Å²) in [6, 6.07) is 2.12. The molecule has 106 valence electrons. The summed E-state index contributed by atoms with van der Waals surface area (Å²) in [5.74, 6) is 0.640. The van der Waals surface area contributed by atoms with Gasteiger partial charge in [-0.1, -0.05) is 0 Å². The summed E-state index contributed by atoms with van der Waals surface area (Å²) in [5, 5.41) is 7.21. The van der Waals surface area contributed by atoms with Crippen LogP contribution in [0.25, 0.3) is 0 Å². The maximum absolute atomic E-state index is 5.39. The van der Waals surface area contributed by atoms with Crippen molar-refractivity contribution in [1.29, 1.82) is 0 Å². The van der Waals surface area contributed by atoms with Crippen LogP contribution in [0.1, 0.15) is 24.5 Å². The maximum Gasteiger partial charge on any atom is 0.0594 e. The third-order valence-corrected chi connectivity index (χ3v) is 4.30. The van der Waals surface area contributed by atoms with Gasteiger partial charge in [0.2, 0.25) is 0 Å². The Kier molecular flexibility index (Phi) is 4.48. The van der Waals surface area contributed by atoms with Crippen molar-refractivity contribution in [3.63, 3.8) is 0 Å². The molecule has 0 saturated carbocycles. The number of aromatic amines is 1. The van der Waals surface area contributed by atoms with Gasteiger partial charge in [0.05, 0.1) is 13.2 Å². The zero-order chi connectivity index (χ0) is 12.9. The van der Waals surface area contributed by atoms with Crippen molar-refractivity contribution in [1.82, 2.24) is 20.0 Å². The van der Waals surface area contributed by atoms with E-state index in [2.05, 4.69) is 26.1 Å². The molecular formula is C14H24N4O. The molecule has 2 saturated heterocycles. The van der Waals surface area contributed by atoms with Gasteiger partial charge >= 0.3 is 0 Å². The van der Waals surface area contributed by atoms with Crippen LogP contribution < -0.4 is 0 Å². The van der Waals surface area contributed by atoms with Gasteiger partial charge in [0.1, 0.15) is 0 Å². The molecule has 0 bridgehead atoms. The number of nitrogens with zero attached hydrogens (tertiary/aromatic N) is 3. The minimum Gasteiger partial charge on any atom is -0.379 e. The van der Waals surface area contributed by atoms with E-state index in [9.17, 15) is 0 Å². The van der Waals surface area contributed by atoms with Crippen molar-refractivity contribution in [2.24, 2.45) is 0 Å². The first-order chi connectivity index (χ1) is 9.42. The summed E-state index contributed by atoms with van der Waals surface area (Å²) in [4.78, 5) is 5.12. The summed E-state index contributed by atoms with van der Waals surface area (Å²) in [7, 11) is 0. The number of piperidine rings is 1. The molecule has 5 nitrogen and oxygen atoms in total. The molecule has 1 aromatic rings. The Morgan fingerprint density at radius 1 is 1.21 bits per heavy atom. The molecule has 5 heteroatoms. The van der Waals surface area contributed by atoms with E-state index in [0.717, 1.165) is 26.3 Å². The van der Waals surface area contributed by atoms with Crippen LogP contribution in [0.3, 0.4) is 0 Å². The molecule has 0 spiro atoms. The molecular weight excluding hydrogens is 240 g/mol. The number of nitrogens with one attached hydrogen (secondary N) is 1. The second-order valence-electron chi connectivity index (χ2n) is 5.61. The first-order valence-electron chi connectivity index (χ1n) is 7.43. The van der Waals surface area contributed by atoms with Gasteiger partial charge in [-0.3, -0.25) is 10.00 Å². The average Bonchev–Trinajstić information content (AvgIpc) is 3.01. The lowest BCUT2D eigenvalue weighted by atomic mass is 9.95. The fourth-order valence-corrected chi connectivity index (χ4v) is 3.11. The highest BCUT2D eigenvalue weighted by molar-refractivity contribution is 5.07.